The van der Waals surface area contributed by atoms with Crippen LogP contribution in [-0.4, -0.2) is 94.0 Å². The summed E-state index contributed by atoms with van der Waals surface area (Å²) in [5, 5.41) is 15.8. The molecule has 1 atom stereocenters. The number of hydrogen-bond acceptors (Lipinski definition) is 6. The summed E-state index contributed by atoms with van der Waals surface area (Å²) in [5.74, 6) is -1.47. The van der Waals surface area contributed by atoms with Gasteiger partial charge in [-0.1, -0.05) is 0 Å². The standard InChI is InChI=1S/C18H27N5O2.C2HF3O2/c1-13(2)22-8-7-14(11-22)17-20-19-16-6-5-15(12-23(16)17)18(24)21(3)9-10-25-4;3-2(4,5)1(6)7/h5-6,12-14H,7-11H2,1-4H3;(H,6,7). The third kappa shape index (κ3) is 6.39. The number of amides is 1. The lowest BCUT2D eigenvalue weighted by Gasteiger charge is -2.20. The predicted molar refractivity (Wildman–Crippen MR) is 110 cm³/mol. The van der Waals surface area contributed by atoms with Gasteiger partial charge in [-0.2, -0.15) is 13.2 Å². The number of methoxy groups -OCH3 is 1. The first-order valence-electron chi connectivity index (χ1n) is 10.1. The van der Waals surface area contributed by atoms with Gasteiger partial charge in [-0.15, -0.1) is 10.2 Å². The van der Waals surface area contributed by atoms with E-state index in [2.05, 4.69) is 28.9 Å². The van der Waals surface area contributed by atoms with Gasteiger partial charge >= 0.3 is 12.1 Å². The van der Waals surface area contributed by atoms with Crippen molar-refractivity contribution < 1.29 is 32.6 Å². The lowest BCUT2D eigenvalue weighted by Crippen LogP contribution is -2.30. The van der Waals surface area contributed by atoms with Crippen molar-refractivity contribution in [2.45, 2.75) is 38.4 Å². The first-order valence-corrected chi connectivity index (χ1v) is 10.1. The van der Waals surface area contributed by atoms with Crippen LogP contribution in [0.5, 0.6) is 0 Å². The molecule has 1 saturated heterocycles. The number of carboxylic acids is 1. The average molecular weight is 459 g/mol. The molecule has 3 rings (SSSR count). The fourth-order valence-corrected chi connectivity index (χ4v) is 3.33. The molecule has 0 bridgehead atoms. The molecule has 0 spiro atoms. The van der Waals surface area contributed by atoms with Crippen molar-refractivity contribution in [1.29, 1.82) is 0 Å². The second kappa shape index (κ2) is 10.7. The fourth-order valence-electron chi connectivity index (χ4n) is 3.33. The molecule has 9 nitrogen and oxygen atoms in total. The number of alkyl halides is 3. The van der Waals surface area contributed by atoms with Gasteiger partial charge in [0.1, 0.15) is 5.82 Å². The summed E-state index contributed by atoms with van der Waals surface area (Å²) in [6.45, 7) is 7.59. The van der Waals surface area contributed by atoms with E-state index < -0.39 is 12.1 Å². The van der Waals surface area contributed by atoms with Crippen molar-refractivity contribution in [1.82, 2.24) is 24.4 Å². The zero-order valence-corrected chi connectivity index (χ0v) is 18.5. The van der Waals surface area contributed by atoms with Crippen LogP contribution >= 0.6 is 0 Å². The second-order valence-corrected chi connectivity index (χ2v) is 7.80. The number of nitrogens with zero attached hydrogens (tertiary/aromatic N) is 5. The highest BCUT2D eigenvalue weighted by atomic mass is 19.4. The Bertz CT molecular complexity index is 932. The van der Waals surface area contributed by atoms with Crippen LogP contribution in [0, 0.1) is 0 Å². The van der Waals surface area contributed by atoms with Gasteiger partial charge in [-0.3, -0.25) is 9.20 Å². The number of aromatic nitrogens is 3. The lowest BCUT2D eigenvalue weighted by molar-refractivity contribution is -0.192. The van der Waals surface area contributed by atoms with Crippen molar-refractivity contribution in [2.75, 3.05) is 40.4 Å². The largest absolute Gasteiger partial charge is 0.490 e. The summed E-state index contributed by atoms with van der Waals surface area (Å²) in [7, 11) is 3.42. The van der Waals surface area contributed by atoms with E-state index in [1.54, 1.807) is 19.1 Å². The van der Waals surface area contributed by atoms with Crippen LogP contribution in [0.3, 0.4) is 0 Å². The van der Waals surface area contributed by atoms with Crippen molar-refractivity contribution in [2.24, 2.45) is 0 Å². The van der Waals surface area contributed by atoms with E-state index in [1.165, 1.54) is 0 Å². The summed E-state index contributed by atoms with van der Waals surface area (Å²) in [5.41, 5.74) is 1.43. The van der Waals surface area contributed by atoms with Crippen molar-refractivity contribution in [3.8, 4) is 0 Å². The minimum absolute atomic E-state index is 0.0196. The summed E-state index contributed by atoms with van der Waals surface area (Å²) < 4.78 is 38.8. The number of carboxylic acid groups (broad SMARTS) is 1. The van der Waals surface area contributed by atoms with E-state index in [9.17, 15) is 18.0 Å². The molecule has 0 radical (unpaired) electrons. The smallest absolute Gasteiger partial charge is 0.475 e. The number of ether oxygens (including phenoxy) is 1. The minimum atomic E-state index is -5.08. The van der Waals surface area contributed by atoms with E-state index >= 15 is 0 Å². The molecule has 1 N–H and O–H groups in total. The maximum atomic E-state index is 12.6. The predicted octanol–water partition coefficient (Wildman–Crippen LogP) is 2.28. The van der Waals surface area contributed by atoms with Gasteiger partial charge in [0.05, 0.1) is 12.2 Å². The third-order valence-corrected chi connectivity index (χ3v) is 5.21. The zero-order valence-electron chi connectivity index (χ0n) is 18.5. The molecule has 0 aliphatic carbocycles. The highest BCUT2D eigenvalue weighted by Gasteiger charge is 2.38. The zero-order chi connectivity index (χ0) is 24.1. The molecule has 0 aromatic carbocycles. The SMILES string of the molecule is COCCN(C)C(=O)c1ccc2nnc(C3CCN(C(C)C)C3)n2c1.O=C(O)C(F)(F)F. The Morgan fingerprint density at radius 2 is 1.97 bits per heavy atom. The molecule has 1 fully saturated rings. The Labute approximate surface area is 183 Å². The molecule has 3 heterocycles. The lowest BCUT2D eigenvalue weighted by atomic mass is 10.1. The number of hydrogen-bond donors (Lipinski definition) is 1. The van der Waals surface area contributed by atoms with Crippen LogP contribution < -0.4 is 0 Å². The van der Waals surface area contributed by atoms with Crippen LogP contribution in [0.15, 0.2) is 18.3 Å². The number of carbonyl (C=O) groups is 2. The molecule has 1 aliphatic rings. The minimum Gasteiger partial charge on any atom is -0.475 e. The van der Waals surface area contributed by atoms with E-state index in [0.29, 0.717) is 30.7 Å². The van der Waals surface area contributed by atoms with Crippen LogP contribution in [0.1, 0.15) is 42.4 Å². The van der Waals surface area contributed by atoms with Crippen molar-refractivity contribution in [3.63, 3.8) is 0 Å². The Hall–Kier alpha value is -2.73. The maximum Gasteiger partial charge on any atom is 0.490 e. The quantitative estimate of drug-likeness (QED) is 0.707. The molecule has 0 saturated carbocycles. The third-order valence-electron chi connectivity index (χ3n) is 5.21. The Morgan fingerprint density at radius 1 is 1.31 bits per heavy atom. The molecular formula is C20H28F3N5O4. The summed E-state index contributed by atoms with van der Waals surface area (Å²) in [4.78, 5) is 25.6. The molecule has 1 unspecified atom stereocenters. The van der Waals surface area contributed by atoms with Gasteiger partial charge < -0.3 is 19.6 Å². The Morgan fingerprint density at radius 3 is 2.50 bits per heavy atom. The molecule has 1 aliphatic heterocycles. The monoisotopic (exact) mass is 459 g/mol. The fraction of sp³-hybridized carbons (Fsp3) is 0.600. The number of likely N-dealkylation sites (tertiary alicyclic amines) is 1. The Balaban J connectivity index is 0.000000451. The van der Waals surface area contributed by atoms with Crippen molar-refractivity contribution in [3.05, 3.63) is 29.7 Å². The highest BCUT2D eigenvalue weighted by molar-refractivity contribution is 5.94. The van der Waals surface area contributed by atoms with Gasteiger partial charge in [0.15, 0.2) is 5.65 Å². The summed E-state index contributed by atoms with van der Waals surface area (Å²) in [6.07, 6.45) is -2.14. The number of carbonyl (C=O) groups excluding carboxylic acids is 1. The van der Waals surface area contributed by atoms with E-state index in [-0.39, 0.29) is 5.91 Å². The number of rotatable bonds is 6. The van der Waals surface area contributed by atoms with Gasteiger partial charge in [0.25, 0.3) is 5.91 Å². The summed E-state index contributed by atoms with van der Waals surface area (Å²) in [6, 6.07) is 4.22. The molecule has 12 heteroatoms. The molecule has 1 amide bonds. The summed E-state index contributed by atoms with van der Waals surface area (Å²) >= 11 is 0. The van der Waals surface area contributed by atoms with E-state index in [0.717, 1.165) is 31.0 Å². The highest BCUT2D eigenvalue weighted by Crippen LogP contribution is 2.27. The molecule has 2 aromatic rings. The van der Waals surface area contributed by atoms with E-state index in [1.807, 2.05) is 22.7 Å². The van der Waals surface area contributed by atoms with Gasteiger partial charge in [-0.05, 0) is 38.9 Å². The van der Waals surface area contributed by atoms with Crippen LogP contribution in [-0.2, 0) is 9.53 Å². The number of aliphatic carboxylic acids is 1. The number of fused-ring (bicyclic) bond motifs is 1. The Kier molecular flexibility index (Phi) is 8.56. The number of pyridine rings is 1. The first-order chi connectivity index (χ1) is 15.0. The second-order valence-electron chi connectivity index (χ2n) is 7.80. The number of likely N-dealkylation sites (N-methyl/N-ethyl adjacent to an activating group) is 1. The molecule has 32 heavy (non-hydrogen) atoms. The average Bonchev–Trinajstić information content (AvgIpc) is 3.37. The van der Waals surface area contributed by atoms with E-state index in [4.69, 9.17) is 14.6 Å². The van der Waals surface area contributed by atoms with Gasteiger partial charge in [-0.25, -0.2) is 4.79 Å². The number of halogens is 3. The van der Waals surface area contributed by atoms with Gasteiger partial charge in [0.2, 0.25) is 0 Å². The van der Waals surface area contributed by atoms with Crippen LogP contribution in [0.25, 0.3) is 5.65 Å². The van der Waals surface area contributed by atoms with Crippen LogP contribution in [0.2, 0.25) is 0 Å². The van der Waals surface area contributed by atoms with Crippen molar-refractivity contribution >= 4 is 17.5 Å². The molecule has 2 aromatic heterocycles. The molecular weight excluding hydrogens is 431 g/mol. The molecule has 178 valence electrons. The maximum absolute atomic E-state index is 12.6. The van der Waals surface area contributed by atoms with Crippen LogP contribution in [0.4, 0.5) is 13.2 Å². The first kappa shape index (κ1) is 25.5. The topological polar surface area (TPSA) is 100 Å². The van der Waals surface area contributed by atoms with Gasteiger partial charge in [0, 0.05) is 45.4 Å². The normalized spacial score (nSPS) is 16.8.